The van der Waals surface area contributed by atoms with Gasteiger partial charge in [0, 0.05) is 25.7 Å². The maximum Gasteiger partial charge on any atom is 0.266 e. The maximum atomic E-state index is 12.8. The van der Waals surface area contributed by atoms with Gasteiger partial charge in [-0.05, 0) is 39.2 Å². The second-order valence-corrected chi connectivity index (χ2v) is 8.00. The number of rotatable bonds is 4. The summed E-state index contributed by atoms with van der Waals surface area (Å²) >= 11 is 1.40. The number of amides is 2. The van der Waals surface area contributed by atoms with Crippen molar-refractivity contribution in [3.63, 3.8) is 0 Å². The van der Waals surface area contributed by atoms with E-state index in [1.54, 1.807) is 7.05 Å². The van der Waals surface area contributed by atoms with Gasteiger partial charge in [0.25, 0.3) is 5.91 Å². The molecule has 0 unspecified atom stereocenters. The van der Waals surface area contributed by atoms with E-state index in [0.717, 1.165) is 47.8 Å². The average molecular weight is 372 g/mol. The molecule has 5 nitrogen and oxygen atoms in total. The standard InChI is InChI=1S/C20H25N3O2S/c1-13-7-8-16(14(2)11-13)19-21-15(3)18(26-19)20(25)22(4)12-17(24)23-9-5-6-10-23/h7-8,11H,5-6,9-10,12H2,1-4H3. The Bertz CT molecular complexity index is 838. The Morgan fingerprint density at radius 3 is 2.54 bits per heavy atom. The van der Waals surface area contributed by atoms with Gasteiger partial charge in [0.05, 0.1) is 12.2 Å². The average Bonchev–Trinajstić information content (AvgIpc) is 3.24. The number of likely N-dealkylation sites (tertiary alicyclic amines) is 1. The molecule has 0 spiro atoms. The number of carbonyl (C=O) groups excluding carboxylic acids is 2. The molecule has 0 aliphatic carbocycles. The topological polar surface area (TPSA) is 53.5 Å². The molecular formula is C20H25N3O2S. The van der Waals surface area contributed by atoms with Crippen molar-refractivity contribution in [2.75, 3.05) is 26.7 Å². The summed E-state index contributed by atoms with van der Waals surface area (Å²) in [6.45, 7) is 7.70. The summed E-state index contributed by atoms with van der Waals surface area (Å²) in [4.78, 5) is 33.7. The van der Waals surface area contributed by atoms with Crippen LogP contribution in [0.15, 0.2) is 18.2 Å². The van der Waals surface area contributed by atoms with Crippen LogP contribution in [0.4, 0.5) is 0 Å². The Labute approximate surface area is 158 Å². The first-order chi connectivity index (χ1) is 12.4. The van der Waals surface area contributed by atoms with E-state index in [-0.39, 0.29) is 18.4 Å². The first-order valence-electron chi connectivity index (χ1n) is 8.95. The molecule has 0 bridgehead atoms. The second kappa shape index (κ2) is 7.58. The molecule has 3 rings (SSSR count). The fourth-order valence-electron chi connectivity index (χ4n) is 3.28. The van der Waals surface area contributed by atoms with Crippen LogP contribution >= 0.6 is 11.3 Å². The minimum absolute atomic E-state index is 0.0233. The lowest BCUT2D eigenvalue weighted by atomic mass is 10.1. The Morgan fingerprint density at radius 2 is 1.88 bits per heavy atom. The molecule has 6 heteroatoms. The van der Waals surface area contributed by atoms with E-state index in [2.05, 4.69) is 37.0 Å². The molecular weight excluding hydrogens is 346 g/mol. The summed E-state index contributed by atoms with van der Waals surface area (Å²) in [5, 5.41) is 0.850. The van der Waals surface area contributed by atoms with Crippen LogP contribution in [0.1, 0.15) is 39.3 Å². The molecule has 1 aromatic heterocycles. The minimum Gasteiger partial charge on any atom is -0.341 e. The third-order valence-electron chi connectivity index (χ3n) is 4.78. The van der Waals surface area contributed by atoms with Gasteiger partial charge >= 0.3 is 0 Å². The van der Waals surface area contributed by atoms with Crippen molar-refractivity contribution in [3.05, 3.63) is 39.9 Å². The minimum atomic E-state index is -0.136. The van der Waals surface area contributed by atoms with Gasteiger partial charge in [0.1, 0.15) is 9.88 Å². The summed E-state index contributed by atoms with van der Waals surface area (Å²) in [5.74, 6) is -0.112. The number of hydrogen-bond donors (Lipinski definition) is 0. The number of thiazole rings is 1. The van der Waals surface area contributed by atoms with Gasteiger partial charge < -0.3 is 9.80 Å². The number of nitrogens with zero attached hydrogens (tertiary/aromatic N) is 3. The quantitative estimate of drug-likeness (QED) is 0.827. The summed E-state index contributed by atoms with van der Waals surface area (Å²) in [6, 6.07) is 6.23. The van der Waals surface area contributed by atoms with E-state index in [1.807, 2.05) is 11.8 Å². The number of benzene rings is 1. The first kappa shape index (κ1) is 18.6. The van der Waals surface area contributed by atoms with Gasteiger partial charge in [-0.3, -0.25) is 9.59 Å². The highest BCUT2D eigenvalue weighted by Gasteiger charge is 2.24. The monoisotopic (exact) mass is 371 g/mol. The van der Waals surface area contributed by atoms with Crippen molar-refractivity contribution in [1.82, 2.24) is 14.8 Å². The number of hydrogen-bond acceptors (Lipinski definition) is 4. The molecule has 0 N–H and O–H groups in total. The smallest absolute Gasteiger partial charge is 0.266 e. The number of aryl methyl sites for hydroxylation is 3. The summed E-state index contributed by atoms with van der Waals surface area (Å²) < 4.78 is 0. The Hall–Kier alpha value is -2.21. The van der Waals surface area contributed by atoms with E-state index in [0.29, 0.717) is 4.88 Å². The van der Waals surface area contributed by atoms with Crippen LogP contribution in [0.25, 0.3) is 10.6 Å². The highest BCUT2D eigenvalue weighted by Crippen LogP contribution is 2.31. The molecule has 1 aliphatic rings. The van der Waals surface area contributed by atoms with Gasteiger partial charge in [-0.2, -0.15) is 0 Å². The van der Waals surface area contributed by atoms with Crippen LogP contribution in [0, 0.1) is 20.8 Å². The highest BCUT2D eigenvalue weighted by atomic mass is 32.1. The highest BCUT2D eigenvalue weighted by molar-refractivity contribution is 7.17. The third kappa shape index (κ3) is 3.80. The van der Waals surface area contributed by atoms with Crippen molar-refractivity contribution in [2.24, 2.45) is 0 Å². The van der Waals surface area contributed by atoms with Gasteiger partial charge in [0.2, 0.25) is 5.91 Å². The van der Waals surface area contributed by atoms with E-state index in [9.17, 15) is 9.59 Å². The normalized spacial score (nSPS) is 13.9. The second-order valence-electron chi connectivity index (χ2n) is 7.00. The van der Waals surface area contributed by atoms with Gasteiger partial charge in [-0.15, -0.1) is 11.3 Å². The molecule has 0 saturated carbocycles. The number of aromatic nitrogens is 1. The fraction of sp³-hybridized carbons (Fsp3) is 0.450. The largest absolute Gasteiger partial charge is 0.341 e. The Balaban J connectivity index is 1.77. The van der Waals surface area contributed by atoms with Crippen molar-refractivity contribution in [2.45, 2.75) is 33.6 Å². The van der Waals surface area contributed by atoms with E-state index in [4.69, 9.17) is 0 Å². The number of carbonyl (C=O) groups is 2. The zero-order valence-electron chi connectivity index (χ0n) is 15.8. The fourth-order valence-corrected chi connectivity index (χ4v) is 4.43. The maximum absolute atomic E-state index is 12.8. The molecule has 2 heterocycles. The summed E-state index contributed by atoms with van der Waals surface area (Å²) in [6.07, 6.45) is 2.10. The third-order valence-corrected chi connectivity index (χ3v) is 5.96. The van der Waals surface area contributed by atoms with Crippen LogP contribution < -0.4 is 0 Å². The zero-order valence-corrected chi connectivity index (χ0v) is 16.7. The Kier molecular flexibility index (Phi) is 5.41. The predicted octanol–water partition coefficient (Wildman–Crippen LogP) is 3.43. The van der Waals surface area contributed by atoms with Crippen LogP contribution in [0.3, 0.4) is 0 Å². The van der Waals surface area contributed by atoms with Gasteiger partial charge in [0.15, 0.2) is 0 Å². The molecule has 2 amide bonds. The molecule has 1 fully saturated rings. The molecule has 1 saturated heterocycles. The molecule has 0 radical (unpaired) electrons. The van der Waals surface area contributed by atoms with E-state index >= 15 is 0 Å². The van der Waals surface area contributed by atoms with Crippen molar-refractivity contribution >= 4 is 23.2 Å². The van der Waals surface area contributed by atoms with Gasteiger partial charge in [-0.25, -0.2) is 4.98 Å². The molecule has 1 aromatic carbocycles. The SMILES string of the molecule is Cc1ccc(-c2nc(C)c(C(=O)N(C)CC(=O)N3CCCC3)s2)c(C)c1. The molecule has 26 heavy (non-hydrogen) atoms. The van der Waals surface area contributed by atoms with Crippen molar-refractivity contribution < 1.29 is 9.59 Å². The summed E-state index contributed by atoms with van der Waals surface area (Å²) in [5.41, 5.74) is 4.13. The van der Waals surface area contributed by atoms with Crippen molar-refractivity contribution in [1.29, 1.82) is 0 Å². The van der Waals surface area contributed by atoms with Crippen LogP contribution in [-0.2, 0) is 4.79 Å². The van der Waals surface area contributed by atoms with E-state index < -0.39 is 0 Å². The van der Waals surface area contributed by atoms with Crippen LogP contribution in [-0.4, -0.2) is 53.3 Å². The first-order valence-corrected chi connectivity index (χ1v) is 9.76. The van der Waals surface area contributed by atoms with E-state index in [1.165, 1.54) is 21.8 Å². The lowest BCUT2D eigenvalue weighted by molar-refractivity contribution is -0.130. The molecule has 2 aromatic rings. The van der Waals surface area contributed by atoms with Crippen molar-refractivity contribution in [3.8, 4) is 10.6 Å². The Morgan fingerprint density at radius 1 is 1.19 bits per heavy atom. The molecule has 0 atom stereocenters. The van der Waals surface area contributed by atoms with Gasteiger partial charge in [-0.1, -0.05) is 23.8 Å². The molecule has 1 aliphatic heterocycles. The lowest BCUT2D eigenvalue weighted by Gasteiger charge is -2.21. The van der Waals surface area contributed by atoms with Crippen LogP contribution in [0.2, 0.25) is 0 Å². The molecule has 138 valence electrons. The lowest BCUT2D eigenvalue weighted by Crippen LogP contribution is -2.39. The van der Waals surface area contributed by atoms with Crippen LogP contribution in [0.5, 0.6) is 0 Å². The summed E-state index contributed by atoms with van der Waals surface area (Å²) in [7, 11) is 1.69. The number of likely N-dealkylation sites (N-methyl/N-ethyl adjacent to an activating group) is 1. The predicted molar refractivity (Wildman–Crippen MR) is 105 cm³/mol. The zero-order chi connectivity index (χ0) is 18.8.